The Hall–Kier alpha value is -2.34. The van der Waals surface area contributed by atoms with Crippen molar-refractivity contribution in [2.24, 2.45) is 0 Å². The molecule has 0 spiro atoms. The first-order valence-electron chi connectivity index (χ1n) is 7.08. The van der Waals surface area contributed by atoms with Gasteiger partial charge in [-0.3, -0.25) is 4.79 Å². The van der Waals surface area contributed by atoms with Crippen LogP contribution < -0.4 is 16.0 Å². The molecule has 1 unspecified atom stereocenters. The predicted octanol–water partition coefficient (Wildman–Crippen LogP) is 2.07. The molecule has 3 amide bonds. The van der Waals surface area contributed by atoms with E-state index >= 15 is 0 Å². The van der Waals surface area contributed by atoms with Gasteiger partial charge in [-0.05, 0) is 31.5 Å². The molecule has 1 aromatic rings. The minimum Gasteiger partial charge on any atom is -0.373 e. The third-order valence-electron chi connectivity index (χ3n) is 3.10. The molecule has 0 heterocycles. The van der Waals surface area contributed by atoms with Crippen LogP contribution in [0.2, 0.25) is 0 Å². The second-order valence-corrected chi connectivity index (χ2v) is 4.82. The lowest BCUT2D eigenvalue weighted by molar-refractivity contribution is 0.0899. The Labute approximate surface area is 130 Å². The number of carbonyl (C=O) groups excluding carboxylic acids is 2. The Kier molecular flexibility index (Phi) is 7.12. The first-order valence-corrected chi connectivity index (χ1v) is 7.08. The number of rotatable bonds is 7. The van der Waals surface area contributed by atoms with Gasteiger partial charge in [0.05, 0.1) is 12.7 Å². The van der Waals surface area contributed by atoms with Crippen LogP contribution >= 0.6 is 0 Å². The molecule has 6 heteroatoms. The maximum absolute atomic E-state index is 11.9. The summed E-state index contributed by atoms with van der Waals surface area (Å²) in [6, 6.07) is 4.84. The van der Waals surface area contributed by atoms with Crippen LogP contribution in [0.15, 0.2) is 30.9 Å². The molecule has 3 N–H and O–H groups in total. The molecule has 0 aliphatic carbocycles. The van der Waals surface area contributed by atoms with E-state index in [1.807, 2.05) is 6.92 Å². The summed E-state index contributed by atoms with van der Waals surface area (Å²) in [6.45, 7) is 8.04. The van der Waals surface area contributed by atoms with E-state index in [4.69, 9.17) is 4.74 Å². The number of urea groups is 1. The molecule has 1 aromatic carbocycles. The Morgan fingerprint density at radius 3 is 2.77 bits per heavy atom. The van der Waals surface area contributed by atoms with Gasteiger partial charge in [-0.2, -0.15) is 0 Å². The standard InChI is InChI=1S/C16H23N3O3/c1-5-9-22-11(2)10-18-16(21)19-14-8-6-7-13(12(14)3)15(20)17-4/h5-8,11H,1,9-10H2,2-4H3,(H,17,20)(H2,18,19,21). The van der Waals surface area contributed by atoms with Crippen molar-refractivity contribution in [2.45, 2.75) is 20.0 Å². The van der Waals surface area contributed by atoms with Crippen molar-refractivity contribution < 1.29 is 14.3 Å². The number of carbonyl (C=O) groups is 2. The maximum atomic E-state index is 11.9. The van der Waals surface area contributed by atoms with Crippen LogP contribution in [0.3, 0.4) is 0 Å². The third kappa shape index (κ3) is 5.21. The number of nitrogens with one attached hydrogen (secondary N) is 3. The van der Waals surface area contributed by atoms with Crippen molar-refractivity contribution in [3.8, 4) is 0 Å². The SMILES string of the molecule is C=CCOC(C)CNC(=O)Nc1cccc(C(=O)NC)c1C. The molecule has 0 saturated carbocycles. The van der Waals surface area contributed by atoms with Crippen LogP contribution in [0.4, 0.5) is 10.5 Å². The second kappa shape index (κ2) is 8.84. The Morgan fingerprint density at radius 1 is 1.41 bits per heavy atom. The van der Waals surface area contributed by atoms with Gasteiger partial charge in [0.15, 0.2) is 0 Å². The predicted molar refractivity (Wildman–Crippen MR) is 87.2 cm³/mol. The number of hydrogen-bond acceptors (Lipinski definition) is 3. The highest BCUT2D eigenvalue weighted by Crippen LogP contribution is 2.18. The molecule has 120 valence electrons. The van der Waals surface area contributed by atoms with E-state index in [1.165, 1.54) is 0 Å². The van der Waals surface area contributed by atoms with Gasteiger partial charge in [0.2, 0.25) is 0 Å². The smallest absolute Gasteiger partial charge is 0.319 e. The summed E-state index contributed by atoms with van der Waals surface area (Å²) in [5.74, 6) is -0.187. The van der Waals surface area contributed by atoms with Crippen molar-refractivity contribution in [1.29, 1.82) is 0 Å². The van der Waals surface area contributed by atoms with Crippen LogP contribution in [0.5, 0.6) is 0 Å². The van der Waals surface area contributed by atoms with Gasteiger partial charge in [0, 0.05) is 24.8 Å². The molecule has 1 rings (SSSR count). The lowest BCUT2D eigenvalue weighted by atomic mass is 10.1. The van der Waals surface area contributed by atoms with Gasteiger partial charge in [0.25, 0.3) is 5.91 Å². The average molecular weight is 305 g/mol. The van der Waals surface area contributed by atoms with Crippen molar-refractivity contribution in [1.82, 2.24) is 10.6 Å². The Balaban J connectivity index is 2.61. The van der Waals surface area contributed by atoms with E-state index in [9.17, 15) is 9.59 Å². The number of benzene rings is 1. The summed E-state index contributed by atoms with van der Waals surface area (Å²) in [7, 11) is 1.57. The normalized spacial score (nSPS) is 11.4. The minimum atomic E-state index is -0.341. The zero-order valence-electron chi connectivity index (χ0n) is 13.2. The summed E-state index contributed by atoms with van der Waals surface area (Å²) in [5.41, 5.74) is 1.84. The second-order valence-electron chi connectivity index (χ2n) is 4.82. The summed E-state index contributed by atoms with van der Waals surface area (Å²) >= 11 is 0. The minimum absolute atomic E-state index is 0.109. The molecule has 0 saturated heterocycles. The lowest BCUT2D eigenvalue weighted by Crippen LogP contribution is -2.35. The number of hydrogen-bond donors (Lipinski definition) is 3. The molecule has 0 aromatic heterocycles. The van der Waals surface area contributed by atoms with Crippen LogP contribution in [0.1, 0.15) is 22.8 Å². The Morgan fingerprint density at radius 2 is 2.14 bits per heavy atom. The van der Waals surface area contributed by atoms with E-state index in [1.54, 1.807) is 38.2 Å². The maximum Gasteiger partial charge on any atom is 0.319 e. The van der Waals surface area contributed by atoms with Crippen LogP contribution in [-0.2, 0) is 4.74 Å². The third-order valence-corrected chi connectivity index (χ3v) is 3.10. The van der Waals surface area contributed by atoms with Gasteiger partial charge in [-0.1, -0.05) is 12.1 Å². The zero-order valence-corrected chi connectivity index (χ0v) is 13.2. The van der Waals surface area contributed by atoms with Crippen LogP contribution in [-0.4, -0.2) is 38.2 Å². The molecule has 0 aliphatic rings. The van der Waals surface area contributed by atoms with Crippen LogP contribution in [0, 0.1) is 6.92 Å². The van der Waals surface area contributed by atoms with Gasteiger partial charge in [0.1, 0.15) is 0 Å². The van der Waals surface area contributed by atoms with Gasteiger partial charge < -0.3 is 20.7 Å². The fourth-order valence-electron chi connectivity index (χ4n) is 1.85. The first-order chi connectivity index (χ1) is 10.5. The number of anilines is 1. The number of amides is 3. The number of ether oxygens (including phenoxy) is 1. The molecule has 0 bridgehead atoms. The van der Waals surface area contributed by atoms with Crippen molar-refractivity contribution in [3.63, 3.8) is 0 Å². The average Bonchev–Trinajstić information content (AvgIpc) is 2.52. The van der Waals surface area contributed by atoms with Crippen molar-refractivity contribution in [2.75, 3.05) is 25.5 Å². The highest BCUT2D eigenvalue weighted by atomic mass is 16.5. The largest absolute Gasteiger partial charge is 0.373 e. The molecule has 1 atom stereocenters. The molecular weight excluding hydrogens is 282 g/mol. The highest BCUT2D eigenvalue weighted by molar-refractivity contribution is 5.98. The van der Waals surface area contributed by atoms with Crippen molar-refractivity contribution in [3.05, 3.63) is 42.0 Å². The fourth-order valence-corrected chi connectivity index (χ4v) is 1.85. The van der Waals surface area contributed by atoms with Gasteiger partial charge in [-0.25, -0.2) is 4.79 Å². The summed E-state index contributed by atoms with van der Waals surface area (Å²) in [5, 5.41) is 8.03. The van der Waals surface area contributed by atoms with E-state index in [0.29, 0.717) is 30.0 Å². The monoisotopic (exact) mass is 305 g/mol. The first kappa shape index (κ1) is 17.7. The molecule has 0 aliphatic heterocycles. The van der Waals surface area contributed by atoms with E-state index in [2.05, 4.69) is 22.5 Å². The summed E-state index contributed by atoms with van der Waals surface area (Å²) < 4.78 is 5.37. The zero-order chi connectivity index (χ0) is 16.5. The van der Waals surface area contributed by atoms with Gasteiger partial charge in [-0.15, -0.1) is 6.58 Å². The van der Waals surface area contributed by atoms with Crippen molar-refractivity contribution >= 4 is 17.6 Å². The highest BCUT2D eigenvalue weighted by Gasteiger charge is 2.12. The quantitative estimate of drug-likeness (QED) is 0.675. The Bertz CT molecular complexity index is 543. The molecular formula is C16H23N3O3. The molecule has 6 nitrogen and oxygen atoms in total. The lowest BCUT2D eigenvalue weighted by Gasteiger charge is -2.15. The van der Waals surface area contributed by atoms with E-state index in [-0.39, 0.29) is 18.0 Å². The molecule has 0 radical (unpaired) electrons. The fraction of sp³-hybridized carbons (Fsp3) is 0.375. The summed E-state index contributed by atoms with van der Waals surface area (Å²) in [6.07, 6.45) is 1.55. The molecule has 0 fully saturated rings. The van der Waals surface area contributed by atoms with E-state index < -0.39 is 0 Å². The topological polar surface area (TPSA) is 79.5 Å². The van der Waals surface area contributed by atoms with Gasteiger partial charge >= 0.3 is 6.03 Å². The molecule has 22 heavy (non-hydrogen) atoms. The summed E-state index contributed by atoms with van der Waals surface area (Å²) in [4.78, 5) is 23.6. The van der Waals surface area contributed by atoms with Crippen LogP contribution in [0.25, 0.3) is 0 Å². The van der Waals surface area contributed by atoms with E-state index in [0.717, 1.165) is 0 Å².